The number of allylic oxidation sites excluding steroid dienone is 2. The number of pyridine rings is 1. The fraction of sp³-hybridized carbons (Fsp3) is 0.472. The second-order valence-corrected chi connectivity index (χ2v) is 13.4. The molecule has 0 aliphatic rings. The van der Waals surface area contributed by atoms with E-state index < -0.39 is 0 Å². The summed E-state index contributed by atoms with van der Waals surface area (Å²) in [6, 6.07) is 14.2. The Bertz CT molecular complexity index is 1490. The minimum Gasteiger partial charge on any atom is -0.512 e. The minimum atomic E-state index is 0. The fourth-order valence-electron chi connectivity index (χ4n) is 5.24. The molecule has 2 aromatic heterocycles. The third-order valence-electron chi connectivity index (χ3n) is 7.50. The number of ketones is 1. The van der Waals surface area contributed by atoms with Crippen molar-refractivity contribution in [3.05, 3.63) is 70.6 Å². The topological polar surface area (TPSA) is 63.1 Å². The van der Waals surface area contributed by atoms with E-state index >= 15 is 0 Å². The summed E-state index contributed by atoms with van der Waals surface area (Å²) in [6.07, 6.45) is 7.78. The Morgan fingerprint density at radius 2 is 1.64 bits per heavy atom. The standard InChI is InChI=1S/C23H23N2S.C13H24O2.Ir/c1-14-10-15(2)12-17(11-14)21-20-16(8-9-24-21)6-7-18-22(20)25-19(26-18)13-23(3,4)5;1-5-10(6-2)12(14)9-13(15)11(7-3)8-4;/h6-11H,13H2,1-5H3;9-11,14H,5-8H2,1-4H3;/q-1;;/b;12-9-;. The maximum atomic E-state index is 11.7. The molecular formula is C36H47IrN2O2S-. The molecule has 2 aromatic carbocycles. The predicted octanol–water partition coefficient (Wildman–Crippen LogP) is 10.4. The number of fused-ring (bicyclic) bond motifs is 3. The summed E-state index contributed by atoms with van der Waals surface area (Å²) in [7, 11) is 0. The summed E-state index contributed by atoms with van der Waals surface area (Å²) in [5.41, 5.74) is 5.69. The molecule has 0 unspecified atom stereocenters. The van der Waals surface area contributed by atoms with E-state index in [1.165, 1.54) is 26.7 Å². The molecule has 0 fully saturated rings. The molecule has 4 aromatic rings. The number of benzene rings is 2. The first-order valence-electron chi connectivity index (χ1n) is 15.0. The molecule has 4 nitrogen and oxygen atoms in total. The first kappa shape index (κ1) is 35.8. The second-order valence-electron chi connectivity index (χ2n) is 12.3. The van der Waals surface area contributed by atoms with Crippen LogP contribution in [0.15, 0.2) is 48.4 Å². The summed E-state index contributed by atoms with van der Waals surface area (Å²) in [5.74, 6) is 0.547. The van der Waals surface area contributed by atoms with Crippen LogP contribution in [0.2, 0.25) is 0 Å². The van der Waals surface area contributed by atoms with Crippen LogP contribution in [0.25, 0.3) is 32.2 Å². The Morgan fingerprint density at radius 1 is 1.00 bits per heavy atom. The number of hydrogen-bond acceptors (Lipinski definition) is 5. The van der Waals surface area contributed by atoms with Crippen molar-refractivity contribution >= 4 is 38.1 Å². The van der Waals surface area contributed by atoms with Crippen molar-refractivity contribution in [2.24, 2.45) is 17.3 Å². The summed E-state index contributed by atoms with van der Waals surface area (Å²) in [4.78, 5) is 21.5. The number of thiazole rings is 1. The molecule has 0 atom stereocenters. The predicted molar refractivity (Wildman–Crippen MR) is 176 cm³/mol. The van der Waals surface area contributed by atoms with Gasteiger partial charge in [0, 0.05) is 50.6 Å². The number of rotatable bonds is 9. The second kappa shape index (κ2) is 15.9. The van der Waals surface area contributed by atoms with Gasteiger partial charge in [-0.1, -0.05) is 68.4 Å². The molecule has 229 valence electrons. The van der Waals surface area contributed by atoms with Crippen LogP contribution in [-0.2, 0) is 31.3 Å². The largest absolute Gasteiger partial charge is 0.512 e. The number of hydrogen-bond donors (Lipinski definition) is 1. The van der Waals surface area contributed by atoms with E-state index in [0.29, 0.717) is 0 Å². The average Bonchev–Trinajstić information content (AvgIpc) is 3.30. The number of aryl methyl sites for hydroxylation is 2. The van der Waals surface area contributed by atoms with Gasteiger partial charge in [0.1, 0.15) is 0 Å². The van der Waals surface area contributed by atoms with Gasteiger partial charge in [-0.2, -0.15) is 0 Å². The van der Waals surface area contributed by atoms with Gasteiger partial charge in [-0.25, -0.2) is 4.98 Å². The van der Waals surface area contributed by atoms with Gasteiger partial charge in [-0.05, 0) is 59.7 Å². The molecule has 0 spiro atoms. The van der Waals surface area contributed by atoms with Crippen molar-refractivity contribution in [3.63, 3.8) is 0 Å². The van der Waals surface area contributed by atoms with Gasteiger partial charge >= 0.3 is 0 Å². The monoisotopic (exact) mass is 764 g/mol. The van der Waals surface area contributed by atoms with E-state index in [9.17, 15) is 9.90 Å². The quantitative estimate of drug-likeness (QED) is 0.105. The molecule has 6 heteroatoms. The number of aromatic nitrogens is 2. The van der Waals surface area contributed by atoms with E-state index in [2.05, 4.69) is 71.0 Å². The normalized spacial score (nSPS) is 12.0. The van der Waals surface area contributed by atoms with Crippen molar-refractivity contribution in [2.75, 3.05) is 0 Å². The van der Waals surface area contributed by atoms with Crippen LogP contribution in [0.4, 0.5) is 0 Å². The van der Waals surface area contributed by atoms with E-state index in [-0.39, 0.29) is 48.9 Å². The maximum Gasteiger partial charge on any atom is 0.162 e. The Morgan fingerprint density at radius 3 is 2.21 bits per heavy atom. The van der Waals surface area contributed by atoms with Gasteiger partial charge in [0.25, 0.3) is 0 Å². The third-order valence-corrected chi connectivity index (χ3v) is 8.52. The van der Waals surface area contributed by atoms with Gasteiger partial charge < -0.3 is 10.1 Å². The van der Waals surface area contributed by atoms with Gasteiger partial charge in [0.2, 0.25) is 0 Å². The molecule has 0 saturated carbocycles. The first-order chi connectivity index (χ1) is 19.4. The molecule has 0 aliphatic heterocycles. The van der Waals surface area contributed by atoms with Crippen molar-refractivity contribution in [1.82, 2.24) is 9.97 Å². The summed E-state index contributed by atoms with van der Waals surface area (Å²) in [5, 5.41) is 13.3. The molecule has 0 saturated heterocycles. The molecule has 1 radical (unpaired) electrons. The molecular weight excluding hydrogens is 717 g/mol. The van der Waals surface area contributed by atoms with Crippen molar-refractivity contribution < 1.29 is 30.0 Å². The van der Waals surface area contributed by atoms with E-state index in [0.717, 1.165) is 59.8 Å². The van der Waals surface area contributed by atoms with Crippen LogP contribution in [0, 0.1) is 37.2 Å². The zero-order chi connectivity index (χ0) is 30.3. The van der Waals surface area contributed by atoms with Crippen molar-refractivity contribution in [1.29, 1.82) is 0 Å². The minimum absolute atomic E-state index is 0. The maximum absolute atomic E-state index is 11.7. The number of carbonyl (C=O) groups excluding carboxylic acids is 1. The molecule has 0 aliphatic carbocycles. The zero-order valence-corrected chi connectivity index (χ0v) is 29.9. The van der Waals surface area contributed by atoms with Gasteiger partial charge in [0.05, 0.1) is 21.0 Å². The Kier molecular flexibility index (Phi) is 13.5. The van der Waals surface area contributed by atoms with E-state index in [4.69, 9.17) is 9.97 Å². The number of aliphatic hydroxyl groups excluding tert-OH is 1. The molecule has 4 rings (SSSR count). The van der Waals surface area contributed by atoms with Crippen LogP contribution in [0.3, 0.4) is 0 Å². The van der Waals surface area contributed by atoms with Crippen molar-refractivity contribution in [2.45, 2.75) is 94.4 Å². The van der Waals surface area contributed by atoms with Crippen LogP contribution in [-0.4, -0.2) is 20.9 Å². The fourth-order valence-corrected chi connectivity index (χ4v) is 6.51. The molecule has 1 N–H and O–H groups in total. The Balaban J connectivity index is 0.000000334. The summed E-state index contributed by atoms with van der Waals surface area (Å²) in [6.45, 7) is 19.1. The van der Waals surface area contributed by atoms with Crippen LogP contribution < -0.4 is 0 Å². The zero-order valence-electron chi connectivity index (χ0n) is 26.7. The van der Waals surface area contributed by atoms with Crippen LogP contribution in [0.1, 0.15) is 90.3 Å². The summed E-state index contributed by atoms with van der Waals surface area (Å²) < 4.78 is 1.23. The summed E-state index contributed by atoms with van der Waals surface area (Å²) >= 11 is 1.80. The molecule has 0 amide bonds. The first-order valence-corrected chi connectivity index (χ1v) is 15.8. The number of aliphatic hydroxyl groups is 1. The van der Waals surface area contributed by atoms with Gasteiger partial charge in [-0.3, -0.25) is 4.79 Å². The van der Waals surface area contributed by atoms with Crippen LogP contribution in [0.5, 0.6) is 0 Å². The van der Waals surface area contributed by atoms with Crippen LogP contribution >= 0.6 is 11.3 Å². The number of carbonyl (C=O) groups is 1. The SMILES string of the molecule is CCC(CC)C(=O)/C=C(\O)C(CC)CC.Cc1[c-]c(-c2nccc3ccc4sc(CC(C)(C)C)nc4c23)cc(C)c1.[Ir]. The van der Waals surface area contributed by atoms with E-state index in [1.807, 2.05) is 33.9 Å². The van der Waals surface area contributed by atoms with E-state index in [1.54, 1.807) is 11.3 Å². The average molecular weight is 764 g/mol. The Labute approximate surface area is 270 Å². The van der Waals surface area contributed by atoms with Gasteiger partial charge in [-0.15, -0.1) is 46.2 Å². The van der Waals surface area contributed by atoms with Gasteiger partial charge in [0.15, 0.2) is 5.78 Å². The smallest absolute Gasteiger partial charge is 0.162 e. The molecule has 42 heavy (non-hydrogen) atoms. The molecule has 2 heterocycles. The van der Waals surface area contributed by atoms with Crippen molar-refractivity contribution in [3.8, 4) is 11.3 Å². The number of nitrogens with zero attached hydrogens (tertiary/aromatic N) is 2. The Hall–Kier alpha value is -2.40. The molecule has 0 bridgehead atoms. The third kappa shape index (κ3) is 9.30.